The van der Waals surface area contributed by atoms with Crippen molar-refractivity contribution in [2.24, 2.45) is 5.92 Å². The van der Waals surface area contributed by atoms with Crippen molar-refractivity contribution in [3.05, 3.63) is 34.8 Å². The van der Waals surface area contributed by atoms with Crippen LogP contribution in [0.1, 0.15) is 17.0 Å². The van der Waals surface area contributed by atoms with Crippen molar-refractivity contribution >= 4 is 28.3 Å². The number of carbonyl (C=O) groups is 2. The van der Waals surface area contributed by atoms with E-state index in [1.807, 2.05) is 31.2 Å². The van der Waals surface area contributed by atoms with Crippen LogP contribution < -0.4 is 10.1 Å². The molecule has 1 aromatic heterocycles. The molecule has 1 aliphatic rings. The summed E-state index contributed by atoms with van der Waals surface area (Å²) >= 11 is 1.31. The molecule has 7 nitrogen and oxygen atoms in total. The molecule has 1 aliphatic heterocycles. The number of methoxy groups -OCH3 is 1. The van der Waals surface area contributed by atoms with E-state index in [2.05, 4.69) is 15.5 Å². The monoisotopic (exact) mass is 346 g/mol. The van der Waals surface area contributed by atoms with E-state index in [1.165, 1.54) is 11.3 Å². The van der Waals surface area contributed by atoms with Crippen molar-refractivity contribution in [1.29, 1.82) is 0 Å². The van der Waals surface area contributed by atoms with Crippen molar-refractivity contribution in [3.63, 3.8) is 0 Å². The topological polar surface area (TPSA) is 84.4 Å². The van der Waals surface area contributed by atoms with Gasteiger partial charge in [0, 0.05) is 25.1 Å². The first kappa shape index (κ1) is 16.4. The van der Waals surface area contributed by atoms with E-state index in [4.69, 9.17) is 4.74 Å². The van der Waals surface area contributed by atoms with Crippen LogP contribution in [0.15, 0.2) is 24.3 Å². The third kappa shape index (κ3) is 3.53. The number of nitrogens with zero attached hydrogens (tertiary/aromatic N) is 3. The number of anilines is 1. The van der Waals surface area contributed by atoms with Gasteiger partial charge in [-0.3, -0.25) is 9.59 Å². The Labute approximate surface area is 143 Å². The van der Waals surface area contributed by atoms with E-state index in [9.17, 15) is 9.59 Å². The van der Waals surface area contributed by atoms with Crippen molar-refractivity contribution in [2.45, 2.75) is 19.9 Å². The van der Waals surface area contributed by atoms with E-state index < -0.39 is 0 Å². The van der Waals surface area contributed by atoms with E-state index in [0.717, 1.165) is 16.3 Å². The molecule has 1 atom stereocenters. The van der Waals surface area contributed by atoms with Gasteiger partial charge in [0.25, 0.3) is 0 Å². The highest BCUT2D eigenvalue weighted by Crippen LogP contribution is 2.25. The molecule has 1 N–H and O–H groups in total. The highest BCUT2D eigenvalue weighted by atomic mass is 32.1. The number of benzene rings is 1. The average molecular weight is 346 g/mol. The lowest BCUT2D eigenvalue weighted by atomic mass is 10.1. The maximum Gasteiger partial charge on any atom is 0.231 e. The average Bonchev–Trinajstić information content (AvgIpc) is 3.14. The fourth-order valence-corrected chi connectivity index (χ4v) is 3.29. The second kappa shape index (κ2) is 6.96. The lowest BCUT2D eigenvalue weighted by Crippen LogP contribution is -2.28. The summed E-state index contributed by atoms with van der Waals surface area (Å²) in [5, 5.41) is 11.7. The molecule has 8 heteroatoms. The van der Waals surface area contributed by atoms with Crippen LogP contribution in [0.25, 0.3) is 0 Å². The molecule has 0 spiro atoms. The Morgan fingerprint density at radius 2 is 2.21 bits per heavy atom. The van der Waals surface area contributed by atoms with Crippen LogP contribution in [0.3, 0.4) is 0 Å². The number of hydrogen-bond donors (Lipinski definition) is 1. The molecule has 2 heterocycles. The molecule has 24 heavy (non-hydrogen) atoms. The first-order valence-corrected chi connectivity index (χ1v) is 8.39. The molecular weight excluding hydrogens is 328 g/mol. The maximum absolute atomic E-state index is 12.3. The molecule has 3 rings (SSSR count). The SMILES string of the molecule is COc1ccccc1CN1C[C@H](C(=O)Nc2nnc(C)s2)CC1=O. The van der Waals surface area contributed by atoms with Gasteiger partial charge < -0.3 is 15.0 Å². The van der Waals surface area contributed by atoms with Crippen LogP contribution in [0.2, 0.25) is 0 Å². The van der Waals surface area contributed by atoms with Crippen molar-refractivity contribution in [2.75, 3.05) is 19.0 Å². The summed E-state index contributed by atoms with van der Waals surface area (Å²) in [6.45, 7) is 2.65. The van der Waals surface area contributed by atoms with Gasteiger partial charge in [-0.15, -0.1) is 10.2 Å². The summed E-state index contributed by atoms with van der Waals surface area (Å²) in [5.41, 5.74) is 0.925. The number of ether oxygens (including phenoxy) is 1. The first-order valence-electron chi connectivity index (χ1n) is 7.57. The lowest BCUT2D eigenvalue weighted by Gasteiger charge is -2.18. The predicted octanol–water partition coefficient (Wildman–Crippen LogP) is 1.84. The minimum absolute atomic E-state index is 0.0329. The molecule has 0 saturated carbocycles. The van der Waals surface area contributed by atoms with Gasteiger partial charge in [-0.25, -0.2) is 0 Å². The molecule has 2 aromatic rings. The molecule has 0 aliphatic carbocycles. The summed E-state index contributed by atoms with van der Waals surface area (Å²) in [7, 11) is 1.60. The van der Waals surface area contributed by atoms with Gasteiger partial charge in [-0.05, 0) is 13.0 Å². The number of aryl methyl sites for hydroxylation is 1. The van der Waals surface area contributed by atoms with Gasteiger partial charge >= 0.3 is 0 Å². The van der Waals surface area contributed by atoms with Gasteiger partial charge in [0.15, 0.2) is 0 Å². The van der Waals surface area contributed by atoms with Gasteiger partial charge in [0.1, 0.15) is 10.8 Å². The highest BCUT2D eigenvalue weighted by Gasteiger charge is 2.34. The first-order chi connectivity index (χ1) is 11.6. The van der Waals surface area contributed by atoms with Crippen LogP contribution in [-0.2, 0) is 16.1 Å². The van der Waals surface area contributed by atoms with Crippen molar-refractivity contribution in [3.8, 4) is 5.75 Å². The molecule has 2 amide bonds. The number of hydrogen-bond acceptors (Lipinski definition) is 6. The van der Waals surface area contributed by atoms with Gasteiger partial charge in [0.2, 0.25) is 16.9 Å². The number of likely N-dealkylation sites (tertiary alicyclic amines) is 1. The smallest absolute Gasteiger partial charge is 0.231 e. The van der Waals surface area contributed by atoms with Crippen LogP contribution in [0.5, 0.6) is 5.75 Å². The third-order valence-electron chi connectivity index (χ3n) is 3.90. The zero-order valence-electron chi connectivity index (χ0n) is 13.5. The second-order valence-electron chi connectivity index (χ2n) is 5.60. The molecule has 0 bridgehead atoms. The zero-order valence-corrected chi connectivity index (χ0v) is 14.3. The zero-order chi connectivity index (χ0) is 17.1. The standard InChI is InChI=1S/C16H18N4O3S/c1-10-18-19-16(24-10)17-15(22)12-7-14(21)20(9-12)8-11-5-3-4-6-13(11)23-2/h3-6,12H,7-9H2,1-2H3,(H,17,19,22)/t12-/m1/s1. The molecular formula is C16H18N4O3S. The van der Waals surface area contributed by atoms with E-state index in [-0.39, 0.29) is 24.2 Å². The Balaban J connectivity index is 1.64. The number of carbonyl (C=O) groups excluding carboxylic acids is 2. The summed E-state index contributed by atoms with van der Waals surface area (Å²) in [4.78, 5) is 26.2. The Morgan fingerprint density at radius 3 is 2.92 bits per heavy atom. The van der Waals surface area contributed by atoms with Crippen LogP contribution in [0.4, 0.5) is 5.13 Å². The molecule has 1 saturated heterocycles. The number of rotatable bonds is 5. The van der Waals surface area contributed by atoms with Crippen LogP contribution in [-0.4, -0.2) is 40.6 Å². The summed E-state index contributed by atoms with van der Waals surface area (Å²) in [6.07, 6.45) is 0.207. The van der Waals surface area contributed by atoms with Crippen LogP contribution in [0, 0.1) is 12.8 Å². The summed E-state index contributed by atoms with van der Waals surface area (Å²) in [6, 6.07) is 7.57. The Hall–Kier alpha value is -2.48. The van der Waals surface area contributed by atoms with E-state index in [0.29, 0.717) is 18.2 Å². The fourth-order valence-electron chi connectivity index (χ4n) is 2.69. The lowest BCUT2D eigenvalue weighted by molar-refractivity contribution is -0.128. The number of nitrogens with one attached hydrogen (secondary N) is 1. The molecule has 1 fully saturated rings. The largest absolute Gasteiger partial charge is 0.496 e. The maximum atomic E-state index is 12.3. The highest BCUT2D eigenvalue weighted by molar-refractivity contribution is 7.15. The van der Waals surface area contributed by atoms with Crippen molar-refractivity contribution in [1.82, 2.24) is 15.1 Å². The summed E-state index contributed by atoms with van der Waals surface area (Å²) in [5.74, 6) is 0.135. The number of amides is 2. The molecule has 1 aromatic carbocycles. The normalized spacial score (nSPS) is 17.2. The van der Waals surface area contributed by atoms with E-state index >= 15 is 0 Å². The Bertz CT molecular complexity index is 761. The number of para-hydroxylation sites is 1. The van der Waals surface area contributed by atoms with Crippen LogP contribution >= 0.6 is 11.3 Å². The summed E-state index contributed by atoms with van der Waals surface area (Å²) < 4.78 is 5.32. The quantitative estimate of drug-likeness (QED) is 0.893. The van der Waals surface area contributed by atoms with E-state index in [1.54, 1.807) is 12.0 Å². The number of aromatic nitrogens is 2. The molecule has 0 radical (unpaired) electrons. The van der Waals surface area contributed by atoms with Gasteiger partial charge in [0.05, 0.1) is 13.0 Å². The molecule has 0 unspecified atom stereocenters. The second-order valence-corrected chi connectivity index (χ2v) is 6.78. The predicted molar refractivity (Wildman–Crippen MR) is 89.8 cm³/mol. The van der Waals surface area contributed by atoms with Gasteiger partial charge in [-0.1, -0.05) is 29.5 Å². The Kier molecular flexibility index (Phi) is 4.75. The fraction of sp³-hybridized carbons (Fsp3) is 0.375. The third-order valence-corrected chi connectivity index (χ3v) is 4.65. The minimum atomic E-state index is -0.378. The van der Waals surface area contributed by atoms with Gasteiger partial charge in [-0.2, -0.15) is 0 Å². The Morgan fingerprint density at radius 1 is 1.42 bits per heavy atom. The molecule has 126 valence electrons. The van der Waals surface area contributed by atoms with Crippen molar-refractivity contribution < 1.29 is 14.3 Å². The minimum Gasteiger partial charge on any atom is -0.496 e.